The summed E-state index contributed by atoms with van der Waals surface area (Å²) in [5.41, 5.74) is 4.22. The first-order valence-corrected chi connectivity index (χ1v) is 16.6. The number of amides is 1. The number of likely N-dealkylation sites (N-methyl/N-ethyl adjacent to an activating group) is 1. The fraction of sp³-hybridized carbons (Fsp3) is 0.405. The number of ether oxygens (including phenoxy) is 2. The van der Waals surface area contributed by atoms with Gasteiger partial charge in [-0.25, -0.2) is 11.4 Å². The Hall–Kier alpha value is -4.88. The molecule has 3 aliphatic rings. The maximum Gasteiger partial charge on any atom is 0.410 e. The van der Waals surface area contributed by atoms with E-state index in [1.165, 1.54) is 22.9 Å². The molecule has 2 saturated heterocycles. The summed E-state index contributed by atoms with van der Waals surface area (Å²) in [4.78, 5) is 35.6. The van der Waals surface area contributed by atoms with E-state index >= 15 is 0 Å². The van der Waals surface area contributed by atoms with Crippen LogP contribution in [0.4, 0.5) is 16.3 Å². The number of anilines is 2. The topological polar surface area (TPSA) is 78.6 Å². The largest absolute Gasteiger partial charge is 0.462 e. The lowest BCUT2D eigenvalue weighted by atomic mass is 10.0. The van der Waals surface area contributed by atoms with Crippen LogP contribution in [0.25, 0.3) is 15.6 Å². The van der Waals surface area contributed by atoms with Gasteiger partial charge in [0.25, 0.3) is 0 Å². The van der Waals surface area contributed by atoms with Crippen LogP contribution in [0, 0.1) is 6.57 Å². The van der Waals surface area contributed by atoms with Crippen LogP contribution in [0.1, 0.15) is 29.7 Å². The molecule has 10 nitrogen and oxygen atoms in total. The number of piperazine rings is 1. The van der Waals surface area contributed by atoms with E-state index in [2.05, 4.69) is 69.1 Å². The number of carbonyl (C=O) groups excluding carboxylic acids is 1. The van der Waals surface area contributed by atoms with Crippen molar-refractivity contribution >= 4 is 28.4 Å². The fourth-order valence-electron chi connectivity index (χ4n) is 7.12. The zero-order valence-electron chi connectivity index (χ0n) is 26.9. The summed E-state index contributed by atoms with van der Waals surface area (Å²) in [5.74, 6) is 0.856. The van der Waals surface area contributed by atoms with Crippen molar-refractivity contribution in [3.8, 4) is 6.01 Å². The van der Waals surface area contributed by atoms with Gasteiger partial charge < -0.3 is 29.0 Å². The molecule has 2 atom stereocenters. The van der Waals surface area contributed by atoms with Crippen molar-refractivity contribution in [2.24, 2.45) is 0 Å². The SMILES string of the molecule is [C-]#[N+]C[C@H]1CN(c2nc(OC[C@H]3CCCN3C)nc3c2CCN(c2cccc4ccccc24)C3)CCN1C(=O)OCc1ccccc1. The Bertz CT molecular complexity index is 1760. The number of carbonyl (C=O) groups is 1. The first-order chi connectivity index (χ1) is 23.1. The third kappa shape index (κ3) is 6.67. The Labute approximate surface area is 276 Å². The molecule has 0 spiro atoms. The molecule has 0 radical (unpaired) electrons. The molecule has 0 bridgehead atoms. The average Bonchev–Trinajstić information content (AvgIpc) is 3.53. The maximum atomic E-state index is 13.2. The highest BCUT2D eigenvalue weighted by Crippen LogP contribution is 2.35. The zero-order chi connectivity index (χ0) is 32.2. The molecular weight excluding hydrogens is 590 g/mol. The van der Waals surface area contributed by atoms with Crippen LogP contribution in [-0.2, 0) is 24.3 Å². The molecule has 4 heterocycles. The van der Waals surface area contributed by atoms with Gasteiger partial charge >= 0.3 is 12.1 Å². The number of fused-ring (bicyclic) bond motifs is 2. The minimum atomic E-state index is -0.387. The van der Waals surface area contributed by atoms with Gasteiger partial charge in [-0.2, -0.15) is 9.97 Å². The van der Waals surface area contributed by atoms with Gasteiger partial charge in [0, 0.05) is 48.9 Å². The van der Waals surface area contributed by atoms with Crippen molar-refractivity contribution in [3.63, 3.8) is 0 Å². The van der Waals surface area contributed by atoms with Crippen molar-refractivity contribution in [1.29, 1.82) is 0 Å². The van der Waals surface area contributed by atoms with Gasteiger partial charge in [0.2, 0.25) is 6.54 Å². The summed E-state index contributed by atoms with van der Waals surface area (Å²) >= 11 is 0. The van der Waals surface area contributed by atoms with E-state index in [9.17, 15) is 4.79 Å². The van der Waals surface area contributed by atoms with E-state index in [1.807, 2.05) is 30.3 Å². The first kappa shape index (κ1) is 30.8. The van der Waals surface area contributed by atoms with Crippen molar-refractivity contribution in [3.05, 3.63) is 101 Å². The summed E-state index contributed by atoms with van der Waals surface area (Å²) in [6.45, 7) is 12.7. The van der Waals surface area contributed by atoms with Gasteiger partial charge in [0.1, 0.15) is 25.1 Å². The molecule has 0 unspecified atom stereocenters. The third-order valence-corrected chi connectivity index (χ3v) is 9.73. The lowest BCUT2D eigenvalue weighted by molar-refractivity contribution is 0.0788. The fourth-order valence-corrected chi connectivity index (χ4v) is 7.12. The lowest BCUT2D eigenvalue weighted by Gasteiger charge is -2.40. The van der Waals surface area contributed by atoms with Crippen LogP contribution in [0.15, 0.2) is 72.8 Å². The third-order valence-electron chi connectivity index (χ3n) is 9.73. The molecule has 10 heteroatoms. The lowest BCUT2D eigenvalue weighted by Crippen LogP contribution is -2.57. The highest BCUT2D eigenvalue weighted by Gasteiger charge is 2.36. The van der Waals surface area contributed by atoms with Gasteiger partial charge in [0.15, 0.2) is 0 Å². The van der Waals surface area contributed by atoms with E-state index in [0.717, 1.165) is 48.6 Å². The van der Waals surface area contributed by atoms with Crippen LogP contribution in [-0.4, -0.2) is 90.9 Å². The molecule has 3 aliphatic heterocycles. The number of aromatic nitrogens is 2. The quantitative estimate of drug-likeness (QED) is 0.239. The Kier molecular flexibility index (Phi) is 9.07. The number of hydrogen-bond donors (Lipinski definition) is 0. The molecule has 0 saturated carbocycles. The number of nitrogens with zero attached hydrogens (tertiary/aromatic N) is 7. The van der Waals surface area contributed by atoms with Crippen molar-refractivity contribution in [1.82, 2.24) is 19.8 Å². The molecule has 47 heavy (non-hydrogen) atoms. The maximum absolute atomic E-state index is 13.2. The second kappa shape index (κ2) is 13.9. The predicted molar refractivity (Wildman–Crippen MR) is 183 cm³/mol. The van der Waals surface area contributed by atoms with Gasteiger partial charge in [-0.3, -0.25) is 4.90 Å². The molecular formula is C37H41N7O3. The zero-order valence-corrected chi connectivity index (χ0v) is 26.9. The molecule has 242 valence electrons. The molecule has 0 aliphatic carbocycles. The molecule has 1 amide bonds. The second-order valence-electron chi connectivity index (χ2n) is 12.7. The Morgan fingerprint density at radius 3 is 2.60 bits per heavy atom. The number of likely N-dealkylation sites (tertiary alicyclic amines) is 1. The highest BCUT2D eigenvalue weighted by molar-refractivity contribution is 5.94. The number of benzene rings is 3. The number of hydrogen-bond acceptors (Lipinski definition) is 8. The van der Waals surface area contributed by atoms with E-state index in [0.29, 0.717) is 44.8 Å². The minimum absolute atomic E-state index is 0.191. The smallest absolute Gasteiger partial charge is 0.410 e. The Morgan fingerprint density at radius 2 is 1.77 bits per heavy atom. The van der Waals surface area contributed by atoms with Crippen LogP contribution < -0.4 is 14.5 Å². The molecule has 2 fully saturated rings. The standard InChI is InChI=1S/C37H41N7O3/c1-38-22-30-23-43(20-21-44(30)37(45)47-25-27-10-4-3-5-11-27)35-32-17-19-42(34-16-8-13-28-12-6-7-15-31(28)34)24-33(32)39-36(40-35)46-26-29-14-9-18-41(29)2/h3-8,10-13,15-16,29-30H,9,14,17-26H2,2H3/t29-,30+/m1/s1. The second-order valence-corrected chi connectivity index (χ2v) is 12.7. The summed E-state index contributed by atoms with van der Waals surface area (Å²) in [6.07, 6.45) is 2.67. The summed E-state index contributed by atoms with van der Waals surface area (Å²) in [6, 6.07) is 25.0. The molecule has 7 rings (SSSR count). The van der Waals surface area contributed by atoms with Crippen LogP contribution in [0.2, 0.25) is 0 Å². The van der Waals surface area contributed by atoms with Crippen LogP contribution in [0.3, 0.4) is 0 Å². The van der Waals surface area contributed by atoms with E-state index in [1.54, 1.807) is 4.90 Å². The molecule has 1 aromatic heterocycles. The minimum Gasteiger partial charge on any atom is -0.462 e. The highest BCUT2D eigenvalue weighted by atomic mass is 16.6. The van der Waals surface area contributed by atoms with Gasteiger partial charge in [0.05, 0.1) is 12.2 Å². The Balaban J connectivity index is 1.15. The molecule has 4 aromatic rings. The van der Waals surface area contributed by atoms with E-state index in [4.69, 9.17) is 26.0 Å². The normalized spacial score (nSPS) is 19.8. The van der Waals surface area contributed by atoms with Crippen molar-refractivity contribution in [2.45, 2.75) is 44.5 Å². The predicted octanol–water partition coefficient (Wildman–Crippen LogP) is 5.41. The molecule has 3 aromatic carbocycles. The van der Waals surface area contributed by atoms with E-state index in [-0.39, 0.29) is 25.3 Å². The molecule has 0 N–H and O–H groups in total. The summed E-state index contributed by atoms with van der Waals surface area (Å²) in [5, 5.41) is 2.45. The van der Waals surface area contributed by atoms with Crippen LogP contribution in [0.5, 0.6) is 6.01 Å². The van der Waals surface area contributed by atoms with E-state index < -0.39 is 0 Å². The Morgan fingerprint density at radius 1 is 0.936 bits per heavy atom. The van der Waals surface area contributed by atoms with Gasteiger partial charge in [-0.1, -0.05) is 66.7 Å². The average molecular weight is 632 g/mol. The summed E-state index contributed by atoms with van der Waals surface area (Å²) < 4.78 is 12.0. The van der Waals surface area contributed by atoms with Crippen molar-refractivity contribution in [2.75, 3.05) is 62.7 Å². The van der Waals surface area contributed by atoms with Crippen molar-refractivity contribution < 1.29 is 14.3 Å². The van der Waals surface area contributed by atoms with Crippen LogP contribution >= 0.6 is 0 Å². The summed E-state index contributed by atoms with van der Waals surface area (Å²) in [7, 11) is 2.14. The first-order valence-electron chi connectivity index (χ1n) is 16.6. The van der Waals surface area contributed by atoms with Gasteiger partial charge in [-0.15, -0.1) is 0 Å². The number of rotatable bonds is 8. The monoisotopic (exact) mass is 631 g/mol. The van der Waals surface area contributed by atoms with Gasteiger partial charge in [-0.05, 0) is 49.9 Å².